The maximum atomic E-state index is 12.8. The molecule has 1 saturated heterocycles. The number of hydrogen-bond acceptors (Lipinski definition) is 7. The van der Waals surface area contributed by atoms with Gasteiger partial charge in [0.1, 0.15) is 12.0 Å². The number of thiophene rings is 1. The summed E-state index contributed by atoms with van der Waals surface area (Å²) in [5, 5.41) is 12.6. The Balaban J connectivity index is 1.34. The van der Waals surface area contributed by atoms with Crippen LogP contribution in [-0.4, -0.2) is 62.1 Å². The second kappa shape index (κ2) is 7.64. The van der Waals surface area contributed by atoms with Gasteiger partial charge in [0.15, 0.2) is 0 Å². The highest BCUT2D eigenvalue weighted by Crippen LogP contribution is 2.42. The van der Waals surface area contributed by atoms with Crippen LogP contribution in [0, 0.1) is 11.8 Å². The number of amides is 1. The van der Waals surface area contributed by atoms with Crippen LogP contribution < -0.4 is 0 Å². The molecule has 0 aromatic carbocycles. The number of likely N-dealkylation sites (tertiary alicyclic amines) is 1. The van der Waals surface area contributed by atoms with Crippen LogP contribution in [0.4, 0.5) is 0 Å². The average molecular weight is 411 g/mol. The zero-order valence-electron chi connectivity index (χ0n) is 16.1. The summed E-state index contributed by atoms with van der Waals surface area (Å²) in [7, 11) is 1.75. The molecule has 29 heavy (non-hydrogen) atoms. The topological polar surface area (TPSA) is 86.0 Å². The highest BCUT2D eigenvalue weighted by molar-refractivity contribution is 7.08. The smallest absolute Gasteiger partial charge is 0.254 e. The first-order valence-electron chi connectivity index (χ1n) is 9.74. The molecule has 5 rings (SSSR count). The molecule has 2 fully saturated rings. The second-order valence-electron chi connectivity index (χ2n) is 7.77. The van der Waals surface area contributed by atoms with Crippen molar-refractivity contribution in [3.05, 3.63) is 47.3 Å². The van der Waals surface area contributed by atoms with E-state index in [-0.39, 0.29) is 18.1 Å². The third-order valence-corrected chi connectivity index (χ3v) is 6.83. The van der Waals surface area contributed by atoms with Gasteiger partial charge in [0.25, 0.3) is 5.91 Å². The standard InChI is InChI=1S/C20H22N6O2S/c1-28-19-5-15-9-25(20(27)13-2-3-29-11-13)8-14(15)4-18(19)26-10-17(23-24-26)16-6-21-12-22-7-16/h2-3,6-7,10-12,14-15,18-19H,4-5,8-9H2,1H3/t14-,15+,18-,19-/m1/s1. The second-order valence-corrected chi connectivity index (χ2v) is 8.55. The molecule has 4 heterocycles. The Bertz CT molecular complexity index is 976. The average Bonchev–Trinajstić information content (AvgIpc) is 3.53. The van der Waals surface area contributed by atoms with Gasteiger partial charge < -0.3 is 9.64 Å². The maximum Gasteiger partial charge on any atom is 0.254 e. The van der Waals surface area contributed by atoms with E-state index in [0.717, 1.165) is 42.8 Å². The van der Waals surface area contributed by atoms with E-state index in [4.69, 9.17) is 4.74 Å². The monoisotopic (exact) mass is 410 g/mol. The van der Waals surface area contributed by atoms with E-state index < -0.39 is 0 Å². The summed E-state index contributed by atoms with van der Waals surface area (Å²) >= 11 is 1.56. The van der Waals surface area contributed by atoms with Gasteiger partial charge in [-0.2, -0.15) is 11.3 Å². The number of carbonyl (C=O) groups is 1. The van der Waals surface area contributed by atoms with Crippen molar-refractivity contribution >= 4 is 17.2 Å². The molecule has 0 unspecified atom stereocenters. The molecule has 3 aromatic rings. The van der Waals surface area contributed by atoms with Crippen molar-refractivity contribution in [2.75, 3.05) is 20.2 Å². The first-order valence-corrected chi connectivity index (χ1v) is 10.7. The molecule has 1 saturated carbocycles. The van der Waals surface area contributed by atoms with Gasteiger partial charge in [-0.3, -0.25) is 4.79 Å². The predicted octanol–water partition coefficient (Wildman–Crippen LogP) is 2.53. The van der Waals surface area contributed by atoms with E-state index in [1.54, 1.807) is 30.8 Å². The number of methoxy groups -OCH3 is 1. The summed E-state index contributed by atoms with van der Waals surface area (Å²) in [6, 6.07) is 2.00. The van der Waals surface area contributed by atoms with Gasteiger partial charge in [-0.25, -0.2) is 14.6 Å². The summed E-state index contributed by atoms with van der Waals surface area (Å²) < 4.78 is 7.75. The molecule has 0 N–H and O–H groups in total. The quantitative estimate of drug-likeness (QED) is 0.657. The van der Waals surface area contributed by atoms with Crippen LogP contribution in [0.1, 0.15) is 29.2 Å². The summed E-state index contributed by atoms with van der Waals surface area (Å²) in [6.07, 6.45) is 8.80. The number of nitrogens with zero attached hydrogens (tertiary/aromatic N) is 6. The van der Waals surface area contributed by atoms with E-state index in [2.05, 4.69) is 20.3 Å². The molecular weight excluding hydrogens is 388 g/mol. The van der Waals surface area contributed by atoms with Crippen LogP contribution in [-0.2, 0) is 4.74 Å². The van der Waals surface area contributed by atoms with Crippen LogP contribution in [0.15, 0.2) is 41.7 Å². The minimum Gasteiger partial charge on any atom is -0.379 e. The van der Waals surface area contributed by atoms with Crippen LogP contribution in [0.3, 0.4) is 0 Å². The fraction of sp³-hybridized carbons (Fsp3) is 0.450. The zero-order chi connectivity index (χ0) is 19.8. The summed E-state index contributed by atoms with van der Waals surface area (Å²) in [4.78, 5) is 22.9. The van der Waals surface area contributed by atoms with Crippen LogP contribution >= 0.6 is 11.3 Å². The molecule has 2 aliphatic rings. The van der Waals surface area contributed by atoms with E-state index >= 15 is 0 Å². The van der Waals surface area contributed by atoms with E-state index in [9.17, 15) is 4.79 Å². The maximum absolute atomic E-state index is 12.8. The Kier molecular flexibility index (Phi) is 4.84. The highest BCUT2D eigenvalue weighted by atomic mass is 32.1. The molecule has 1 aliphatic carbocycles. The van der Waals surface area contributed by atoms with Crippen molar-refractivity contribution in [2.24, 2.45) is 11.8 Å². The number of ether oxygens (including phenoxy) is 1. The van der Waals surface area contributed by atoms with Crippen molar-refractivity contribution in [2.45, 2.75) is 25.0 Å². The molecular formula is C20H22N6O2S. The third kappa shape index (κ3) is 3.44. The molecule has 8 nitrogen and oxygen atoms in total. The Labute approximate surface area is 172 Å². The molecule has 3 aromatic heterocycles. The molecule has 4 atom stereocenters. The van der Waals surface area contributed by atoms with Crippen molar-refractivity contribution in [3.63, 3.8) is 0 Å². The van der Waals surface area contributed by atoms with Crippen molar-refractivity contribution in [3.8, 4) is 11.3 Å². The number of carbonyl (C=O) groups excluding carboxylic acids is 1. The molecule has 1 amide bonds. The fourth-order valence-electron chi connectivity index (χ4n) is 4.66. The van der Waals surface area contributed by atoms with Gasteiger partial charge in [-0.15, -0.1) is 5.10 Å². The Morgan fingerprint density at radius 2 is 2.00 bits per heavy atom. The van der Waals surface area contributed by atoms with Gasteiger partial charge in [0, 0.05) is 43.5 Å². The van der Waals surface area contributed by atoms with Gasteiger partial charge in [-0.05, 0) is 36.1 Å². The normalized spacial score (nSPS) is 26.4. The Morgan fingerprint density at radius 3 is 2.72 bits per heavy atom. The van der Waals surface area contributed by atoms with Gasteiger partial charge in [-0.1, -0.05) is 5.21 Å². The predicted molar refractivity (Wildman–Crippen MR) is 107 cm³/mol. The lowest BCUT2D eigenvalue weighted by Gasteiger charge is -2.36. The molecule has 0 spiro atoms. The number of hydrogen-bond donors (Lipinski definition) is 0. The fourth-order valence-corrected chi connectivity index (χ4v) is 5.29. The summed E-state index contributed by atoms with van der Waals surface area (Å²) in [5.41, 5.74) is 2.39. The van der Waals surface area contributed by atoms with Crippen molar-refractivity contribution < 1.29 is 9.53 Å². The summed E-state index contributed by atoms with van der Waals surface area (Å²) in [5.74, 6) is 1.05. The van der Waals surface area contributed by atoms with Crippen molar-refractivity contribution in [1.82, 2.24) is 29.9 Å². The molecule has 150 valence electrons. The lowest BCUT2D eigenvalue weighted by atomic mass is 9.77. The Morgan fingerprint density at radius 1 is 1.21 bits per heavy atom. The first-order chi connectivity index (χ1) is 14.2. The van der Waals surface area contributed by atoms with Gasteiger partial charge in [0.2, 0.25) is 0 Å². The Hall–Kier alpha value is -2.65. The molecule has 1 aliphatic heterocycles. The van der Waals surface area contributed by atoms with Crippen molar-refractivity contribution in [1.29, 1.82) is 0 Å². The molecule has 9 heteroatoms. The highest BCUT2D eigenvalue weighted by Gasteiger charge is 2.44. The minimum atomic E-state index is 0.0500. The van der Waals surface area contributed by atoms with Gasteiger partial charge >= 0.3 is 0 Å². The van der Waals surface area contributed by atoms with E-state index in [1.165, 1.54) is 6.33 Å². The SMILES string of the molecule is CO[C@@H]1C[C@H]2CN(C(=O)c3ccsc3)C[C@H]2C[C@H]1n1cc(-c2cncnc2)nn1. The first kappa shape index (κ1) is 18.4. The summed E-state index contributed by atoms with van der Waals surface area (Å²) in [6.45, 7) is 1.59. The number of aromatic nitrogens is 5. The number of fused-ring (bicyclic) bond motifs is 1. The van der Waals surface area contributed by atoms with Crippen LogP contribution in [0.25, 0.3) is 11.3 Å². The van der Waals surface area contributed by atoms with E-state index in [1.807, 2.05) is 32.6 Å². The minimum absolute atomic E-state index is 0.0500. The third-order valence-electron chi connectivity index (χ3n) is 6.15. The van der Waals surface area contributed by atoms with Crippen LogP contribution in [0.5, 0.6) is 0 Å². The largest absolute Gasteiger partial charge is 0.379 e. The van der Waals surface area contributed by atoms with E-state index in [0.29, 0.717) is 11.8 Å². The molecule has 0 bridgehead atoms. The lowest BCUT2D eigenvalue weighted by Crippen LogP contribution is -2.37. The van der Waals surface area contributed by atoms with Crippen LogP contribution in [0.2, 0.25) is 0 Å². The molecule has 0 radical (unpaired) electrons. The number of rotatable bonds is 4. The van der Waals surface area contributed by atoms with Gasteiger partial charge in [0.05, 0.1) is 23.9 Å². The lowest BCUT2D eigenvalue weighted by molar-refractivity contribution is -0.00545. The zero-order valence-corrected chi connectivity index (χ0v) is 16.9.